The van der Waals surface area contributed by atoms with Crippen LogP contribution in [0.3, 0.4) is 0 Å². The lowest BCUT2D eigenvalue weighted by atomic mass is 10.0. The van der Waals surface area contributed by atoms with E-state index in [4.69, 9.17) is 5.73 Å². The van der Waals surface area contributed by atoms with Crippen molar-refractivity contribution >= 4 is 29.2 Å². The lowest BCUT2D eigenvalue weighted by Gasteiger charge is -2.29. The smallest absolute Gasteiger partial charge is 0.275 e. The van der Waals surface area contributed by atoms with Crippen LogP contribution in [0, 0.1) is 6.92 Å². The van der Waals surface area contributed by atoms with Crippen LogP contribution in [0.4, 0.5) is 11.5 Å². The molecule has 0 atom stereocenters. The molecule has 0 unspecified atom stereocenters. The van der Waals surface area contributed by atoms with Crippen molar-refractivity contribution in [1.29, 1.82) is 0 Å². The predicted molar refractivity (Wildman–Crippen MR) is 117 cm³/mol. The number of para-hydroxylation sites is 1. The van der Waals surface area contributed by atoms with Crippen molar-refractivity contribution in [3.63, 3.8) is 0 Å². The topological polar surface area (TPSA) is 81.2 Å². The van der Waals surface area contributed by atoms with Gasteiger partial charge in [0.1, 0.15) is 5.82 Å². The largest absolute Gasteiger partial charge is 0.385 e. The number of amides is 1. The Kier molecular flexibility index (Phi) is 5.40. The summed E-state index contributed by atoms with van der Waals surface area (Å²) < 4.78 is 1.72. The highest BCUT2D eigenvalue weighted by Gasteiger charge is 2.23. The van der Waals surface area contributed by atoms with Crippen molar-refractivity contribution in [2.75, 3.05) is 22.9 Å². The number of aromatic nitrogens is 2. The van der Waals surface area contributed by atoms with Crippen LogP contribution in [-0.4, -0.2) is 27.8 Å². The highest BCUT2D eigenvalue weighted by molar-refractivity contribution is 7.99. The summed E-state index contributed by atoms with van der Waals surface area (Å²) >= 11 is 1.23. The summed E-state index contributed by atoms with van der Waals surface area (Å²) in [5.41, 5.74) is 9.76. The van der Waals surface area contributed by atoms with Crippen molar-refractivity contribution in [2.45, 2.75) is 24.9 Å². The van der Waals surface area contributed by atoms with Gasteiger partial charge >= 0.3 is 0 Å². The molecule has 2 aromatic carbocycles. The number of anilines is 2. The summed E-state index contributed by atoms with van der Waals surface area (Å²) in [6, 6.07) is 17.1. The van der Waals surface area contributed by atoms with E-state index in [0.29, 0.717) is 17.5 Å². The van der Waals surface area contributed by atoms with E-state index in [-0.39, 0.29) is 11.7 Å². The third-order valence-electron chi connectivity index (χ3n) is 4.92. The van der Waals surface area contributed by atoms with Crippen LogP contribution in [-0.2, 0) is 11.2 Å². The van der Waals surface area contributed by atoms with E-state index in [1.54, 1.807) is 4.57 Å². The molecule has 0 radical (unpaired) electrons. The van der Waals surface area contributed by atoms with E-state index in [9.17, 15) is 9.59 Å². The van der Waals surface area contributed by atoms with Gasteiger partial charge in [-0.05, 0) is 49.1 Å². The van der Waals surface area contributed by atoms with Gasteiger partial charge in [-0.15, -0.1) is 0 Å². The summed E-state index contributed by atoms with van der Waals surface area (Å²) in [6.45, 7) is 2.69. The van der Waals surface area contributed by atoms with E-state index in [0.717, 1.165) is 29.8 Å². The molecule has 6 nitrogen and oxygen atoms in total. The van der Waals surface area contributed by atoms with E-state index in [1.165, 1.54) is 23.4 Å². The van der Waals surface area contributed by atoms with E-state index >= 15 is 0 Å². The molecule has 1 aliphatic heterocycles. The van der Waals surface area contributed by atoms with Crippen LogP contribution < -0.4 is 16.2 Å². The molecule has 3 aromatic rings. The minimum Gasteiger partial charge on any atom is -0.385 e. The third-order valence-corrected chi connectivity index (χ3v) is 5.85. The normalized spacial score (nSPS) is 13.2. The Morgan fingerprint density at radius 2 is 2.00 bits per heavy atom. The number of aryl methyl sites for hydroxylation is 2. The van der Waals surface area contributed by atoms with Gasteiger partial charge in [0.15, 0.2) is 5.16 Å². The summed E-state index contributed by atoms with van der Waals surface area (Å²) in [7, 11) is 0. The molecule has 1 aromatic heterocycles. The summed E-state index contributed by atoms with van der Waals surface area (Å²) in [4.78, 5) is 30.9. The fraction of sp³-hybridized carbons (Fsp3) is 0.227. The van der Waals surface area contributed by atoms with Crippen molar-refractivity contribution < 1.29 is 4.79 Å². The Bertz CT molecular complexity index is 1130. The van der Waals surface area contributed by atoms with Crippen molar-refractivity contribution in [3.8, 4) is 5.69 Å². The number of nitrogens with zero attached hydrogens (tertiary/aromatic N) is 3. The Balaban J connectivity index is 1.61. The summed E-state index contributed by atoms with van der Waals surface area (Å²) in [5, 5.41) is 0.416. The molecular formula is C22H22N4O2S. The van der Waals surface area contributed by atoms with Gasteiger partial charge in [0.25, 0.3) is 5.56 Å². The van der Waals surface area contributed by atoms with Crippen molar-refractivity contribution in [2.24, 2.45) is 0 Å². The van der Waals surface area contributed by atoms with Crippen LogP contribution >= 0.6 is 11.8 Å². The number of fused-ring (bicyclic) bond motifs is 1. The van der Waals surface area contributed by atoms with Crippen molar-refractivity contribution in [1.82, 2.24) is 9.55 Å². The molecule has 0 spiro atoms. The number of benzene rings is 2. The van der Waals surface area contributed by atoms with Gasteiger partial charge in [-0.25, -0.2) is 0 Å². The Morgan fingerprint density at radius 1 is 1.17 bits per heavy atom. The number of hydrogen-bond donors (Lipinski definition) is 1. The fourth-order valence-electron chi connectivity index (χ4n) is 3.60. The Labute approximate surface area is 173 Å². The maximum absolute atomic E-state index is 13.0. The SMILES string of the molecule is Cc1cccc(-n2c(N)cc(=O)nc2SCC(=O)N2CCCc3ccccc32)c1. The number of rotatable bonds is 4. The second-order valence-electron chi connectivity index (χ2n) is 7.04. The quantitative estimate of drug-likeness (QED) is 0.532. The maximum Gasteiger partial charge on any atom is 0.275 e. The lowest BCUT2D eigenvalue weighted by molar-refractivity contribution is -0.116. The second kappa shape index (κ2) is 8.13. The molecule has 1 amide bonds. The van der Waals surface area contributed by atoms with Crippen LogP contribution in [0.25, 0.3) is 5.69 Å². The molecule has 0 saturated heterocycles. The molecule has 0 aliphatic carbocycles. The zero-order valence-corrected chi connectivity index (χ0v) is 17.0. The maximum atomic E-state index is 13.0. The van der Waals surface area contributed by atoms with Gasteiger partial charge in [0, 0.05) is 24.0 Å². The van der Waals surface area contributed by atoms with Crippen LogP contribution in [0.15, 0.2) is 64.5 Å². The van der Waals surface area contributed by atoms with Gasteiger partial charge in [-0.2, -0.15) is 4.98 Å². The Hall–Kier alpha value is -3.06. The first-order valence-electron chi connectivity index (χ1n) is 9.50. The molecule has 0 bridgehead atoms. The number of thioether (sulfide) groups is 1. The molecule has 0 saturated carbocycles. The zero-order chi connectivity index (χ0) is 20.4. The van der Waals surface area contributed by atoms with Crippen LogP contribution in [0.5, 0.6) is 0 Å². The molecular weight excluding hydrogens is 384 g/mol. The zero-order valence-electron chi connectivity index (χ0n) is 16.2. The van der Waals surface area contributed by atoms with Gasteiger partial charge in [0.05, 0.1) is 5.75 Å². The fourth-order valence-corrected chi connectivity index (χ4v) is 4.50. The van der Waals surface area contributed by atoms with Gasteiger partial charge < -0.3 is 10.6 Å². The minimum atomic E-state index is -0.412. The number of hydrogen-bond acceptors (Lipinski definition) is 5. The monoisotopic (exact) mass is 406 g/mol. The molecule has 2 N–H and O–H groups in total. The van der Waals surface area contributed by atoms with Crippen LogP contribution in [0.2, 0.25) is 0 Å². The first kappa shape index (κ1) is 19.3. The standard InChI is InChI=1S/C22H22N4O2S/c1-15-6-4-9-17(12-15)26-19(23)13-20(27)24-22(26)29-14-21(28)25-11-5-8-16-7-2-3-10-18(16)25/h2-4,6-7,9-10,12-13H,5,8,11,14,23H2,1H3. The molecule has 29 heavy (non-hydrogen) atoms. The molecule has 7 heteroatoms. The number of nitrogen functional groups attached to an aromatic ring is 1. The van der Waals surface area contributed by atoms with Crippen molar-refractivity contribution in [3.05, 3.63) is 76.1 Å². The first-order valence-corrected chi connectivity index (χ1v) is 10.5. The van der Waals surface area contributed by atoms with E-state index in [1.807, 2.05) is 54.3 Å². The molecule has 2 heterocycles. The predicted octanol–water partition coefficient (Wildman–Crippen LogP) is 3.19. The molecule has 148 valence electrons. The molecule has 0 fully saturated rings. The van der Waals surface area contributed by atoms with E-state index in [2.05, 4.69) is 11.1 Å². The van der Waals surface area contributed by atoms with E-state index < -0.39 is 5.56 Å². The number of nitrogens with two attached hydrogens (primary N) is 1. The van der Waals surface area contributed by atoms with Crippen LogP contribution in [0.1, 0.15) is 17.5 Å². The highest BCUT2D eigenvalue weighted by Crippen LogP contribution is 2.29. The second-order valence-corrected chi connectivity index (χ2v) is 7.99. The highest BCUT2D eigenvalue weighted by atomic mass is 32.2. The Morgan fingerprint density at radius 3 is 2.83 bits per heavy atom. The third kappa shape index (κ3) is 4.05. The molecule has 1 aliphatic rings. The van der Waals surface area contributed by atoms with Gasteiger partial charge in [-0.1, -0.05) is 42.1 Å². The number of carbonyl (C=O) groups is 1. The summed E-state index contributed by atoms with van der Waals surface area (Å²) in [5.74, 6) is 0.472. The van der Waals surface area contributed by atoms with Gasteiger partial charge in [-0.3, -0.25) is 14.2 Å². The first-order chi connectivity index (χ1) is 14.0. The molecule has 4 rings (SSSR count). The van der Waals surface area contributed by atoms with Gasteiger partial charge in [0.2, 0.25) is 5.91 Å². The average molecular weight is 407 g/mol. The summed E-state index contributed by atoms with van der Waals surface area (Å²) in [6.07, 6.45) is 1.93. The lowest BCUT2D eigenvalue weighted by Crippen LogP contribution is -2.36. The average Bonchev–Trinajstić information content (AvgIpc) is 2.71. The minimum absolute atomic E-state index is 0.00499. The number of carbonyl (C=O) groups excluding carboxylic acids is 1.